The number of rotatable bonds is 6. The van der Waals surface area contributed by atoms with Gasteiger partial charge in [0.1, 0.15) is 0 Å². The SMILES string of the molecule is Cc1ccc(C(C)NC(CN(C)C)c2ccccc2)cc1. The molecule has 112 valence electrons. The number of likely N-dealkylation sites (N-methyl/N-ethyl adjacent to an activating group) is 1. The second-order valence-corrected chi connectivity index (χ2v) is 6.02. The summed E-state index contributed by atoms with van der Waals surface area (Å²) < 4.78 is 0. The van der Waals surface area contributed by atoms with Gasteiger partial charge in [0.05, 0.1) is 0 Å². The number of benzene rings is 2. The van der Waals surface area contributed by atoms with E-state index in [0.29, 0.717) is 12.1 Å². The van der Waals surface area contributed by atoms with Crippen molar-refractivity contribution < 1.29 is 0 Å². The van der Waals surface area contributed by atoms with Gasteiger partial charge in [0.15, 0.2) is 0 Å². The Morgan fingerprint density at radius 2 is 1.52 bits per heavy atom. The second kappa shape index (κ2) is 7.39. The van der Waals surface area contributed by atoms with Gasteiger partial charge in [-0.3, -0.25) is 0 Å². The zero-order valence-electron chi connectivity index (χ0n) is 13.5. The Morgan fingerprint density at radius 3 is 2.10 bits per heavy atom. The molecule has 2 atom stereocenters. The predicted octanol–water partition coefficient (Wildman–Crippen LogP) is 3.95. The maximum Gasteiger partial charge on any atom is 0.0453 e. The van der Waals surface area contributed by atoms with Gasteiger partial charge in [-0.05, 0) is 39.1 Å². The molecule has 0 saturated heterocycles. The monoisotopic (exact) mass is 282 g/mol. The first kappa shape index (κ1) is 15.7. The third-order valence-electron chi connectivity index (χ3n) is 3.78. The lowest BCUT2D eigenvalue weighted by atomic mass is 10.0. The summed E-state index contributed by atoms with van der Waals surface area (Å²) in [6.07, 6.45) is 0. The fourth-order valence-electron chi connectivity index (χ4n) is 2.56. The van der Waals surface area contributed by atoms with E-state index in [1.165, 1.54) is 16.7 Å². The van der Waals surface area contributed by atoms with E-state index in [1.54, 1.807) is 0 Å². The van der Waals surface area contributed by atoms with E-state index < -0.39 is 0 Å². The van der Waals surface area contributed by atoms with Crippen molar-refractivity contribution in [2.24, 2.45) is 0 Å². The van der Waals surface area contributed by atoms with Gasteiger partial charge >= 0.3 is 0 Å². The molecule has 0 aromatic heterocycles. The van der Waals surface area contributed by atoms with Crippen molar-refractivity contribution in [2.45, 2.75) is 25.9 Å². The van der Waals surface area contributed by atoms with E-state index in [1.807, 2.05) is 0 Å². The molecule has 2 heteroatoms. The predicted molar refractivity (Wildman–Crippen MR) is 90.5 cm³/mol. The van der Waals surface area contributed by atoms with Crippen LogP contribution in [0.5, 0.6) is 0 Å². The minimum absolute atomic E-state index is 0.329. The van der Waals surface area contributed by atoms with Gasteiger partial charge in [-0.25, -0.2) is 0 Å². The van der Waals surface area contributed by atoms with Crippen LogP contribution in [0.4, 0.5) is 0 Å². The molecule has 21 heavy (non-hydrogen) atoms. The third kappa shape index (κ3) is 4.69. The van der Waals surface area contributed by atoms with Crippen LogP contribution in [0, 0.1) is 6.92 Å². The van der Waals surface area contributed by atoms with Crippen LogP contribution >= 0.6 is 0 Å². The molecule has 0 saturated carbocycles. The van der Waals surface area contributed by atoms with Crippen molar-refractivity contribution in [1.29, 1.82) is 0 Å². The number of hydrogen-bond donors (Lipinski definition) is 1. The highest BCUT2D eigenvalue weighted by atomic mass is 15.1. The van der Waals surface area contributed by atoms with Crippen LogP contribution in [0.25, 0.3) is 0 Å². The first-order valence-electron chi connectivity index (χ1n) is 7.58. The summed E-state index contributed by atoms with van der Waals surface area (Å²) in [5.41, 5.74) is 3.98. The molecule has 2 nitrogen and oxygen atoms in total. The highest BCUT2D eigenvalue weighted by molar-refractivity contribution is 5.25. The Morgan fingerprint density at radius 1 is 0.905 bits per heavy atom. The third-order valence-corrected chi connectivity index (χ3v) is 3.78. The van der Waals surface area contributed by atoms with Crippen LogP contribution in [0.2, 0.25) is 0 Å². The molecule has 0 heterocycles. The van der Waals surface area contributed by atoms with Crippen molar-refractivity contribution in [3.63, 3.8) is 0 Å². The zero-order valence-corrected chi connectivity index (χ0v) is 13.5. The number of aryl methyl sites for hydroxylation is 1. The minimum atomic E-state index is 0.329. The van der Waals surface area contributed by atoms with Gasteiger partial charge in [-0.1, -0.05) is 60.2 Å². The van der Waals surface area contributed by atoms with E-state index in [4.69, 9.17) is 0 Å². The number of nitrogens with zero attached hydrogens (tertiary/aromatic N) is 1. The van der Waals surface area contributed by atoms with Crippen molar-refractivity contribution in [2.75, 3.05) is 20.6 Å². The Bertz CT molecular complexity index is 531. The van der Waals surface area contributed by atoms with Gasteiger partial charge in [0.2, 0.25) is 0 Å². The standard InChI is InChI=1S/C19H26N2/c1-15-10-12-17(13-11-15)16(2)20-19(14-21(3)4)18-8-6-5-7-9-18/h5-13,16,19-20H,14H2,1-4H3. The smallest absolute Gasteiger partial charge is 0.0453 e. The maximum atomic E-state index is 3.76. The van der Waals surface area contributed by atoms with Gasteiger partial charge in [-0.15, -0.1) is 0 Å². The van der Waals surface area contributed by atoms with Gasteiger partial charge in [-0.2, -0.15) is 0 Å². The maximum absolute atomic E-state index is 3.76. The Labute approximate surface area is 128 Å². The zero-order chi connectivity index (χ0) is 15.2. The van der Waals surface area contributed by atoms with Crippen molar-refractivity contribution in [3.05, 3.63) is 71.3 Å². The fourth-order valence-corrected chi connectivity index (χ4v) is 2.56. The van der Waals surface area contributed by atoms with Crippen molar-refractivity contribution in [1.82, 2.24) is 10.2 Å². The van der Waals surface area contributed by atoms with E-state index in [0.717, 1.165) is 6.54 Å². The van der Waals surface area contributed by atoms with Gasteiger partial charge in [0.25, 0.3) is 0 Å². The summed E-state index contributed by atoms with van der Waals surface area (Å²) in [5.74, 6) is 0. The average Bonchev–Trinajstić information content (AvgIpc) is 2.47. The average molecular weight is 282 g/mol. The normalized spacial score (nSPS) is 14.1. The quantitative estimate of drug-likeness (QED) is 0.863. The number of hydrogen-bond acceptors (Lipinski definition) is 2. The van der Waals surface area contributed by atoms with E-state index in [9.17, 15) is 0 Å². The number of nitrogens with one attached hydrogen (secondary N) is 1. The molecule has 2 aromatic carbocycles. The molecule has 0 aliphatic rings. The van der Waals surface area contributed by atoms with E-state index >= 15 is 0 Å². The summed E-state index contributed by atoms with van der Waals surface area (Å²) in [6.45, 7) is 5.34. The lowest BCUT2D eigenvalue weighted by Gasteiger charge is -2.27. The lowest BCUT2D eigenvalue weighted by Crippen LogP contribution is -2.32. The molecule has 0 fully saturated rings. The van der Waals surface area contributed by atoms with Crippen molar-refractivity contribution >= 4 is 0 Å². The van der Waals surface area contributed by atoms with E-state index in [-0.39, 0.29) is 0 Å². The molecule has 0 aliphatic carbocycles. The first-order chi connectivity index (χ1) is 10.1. The molecular weight excluding hydrogens is 256 g/mol. The van der Waals surface area contributed by atoms with Crippen LogP contribution in [-0.2, 0) is 0 Å². The fraction of sp³-hybridized carbons (Fsp3) is 0.368. The van der Waals surface area contributed by atoms with Crippen LogP contribution in [-0.4, -0.2) is 25.5 Å². The largest absolute Gasteiger partial charge is 0.308 e. The molecule has 2 aromatic rings. The Hall–Kier alpha value is -1.64. The minimum Gasteiger partial charge on any atom is -0.308 e. The van der Waals surface area contributed by atoms with Crippen LogP contribution in [0.15, 0.2) is 54.6 Å². The molecule has 2 unspecified atom stereocenters. The Balaban J connectivity index is 2.13. The highest BCUT2D eigenvalue weighted by Gasteiger charge is 2.16. The van der Waals surface area contributed by atoms with Gasteiger partial charge in [0, 0.05) is 18.6 Å². The second-order valence-electron chi connectivity index (χ2n) is 6.02. The molecule has 0 amide bonds. The summed E-state index contributed by atoms with van der Waals surface area (Å²) in [4.78, 5) is 2.23. The molecular formula is C19H26N2. The van der Waals surface area contributed by atoms with Crippen molar-refractivity contribution in [3.8, 4) is 0 Å². The summed E-state index contributed by atoms with van der Waals surface area (Å²) in [7, 11) is 4.24. The molecule has 0 spiro atoms. The molecule has 0 radical (unpaired) electrons. The molecule has 2 rings (SSSR count). The van der Waals surface area contributed by atoms with Crippen LogP contribution in [0.3, 0.4) is 0 Å². The molecule has 0 bridgehead atoms. The summed E-state index contributed by atoms with van der Waals surface area (Å²) in [5, 5.41) is 3.76. The molecule has 0 aliphatic heterocycles. The summed E-state index contributed by atoms with van der Waals surface area (Å²) >= 11 is 0. The lowest BCUT2D eigenvalue weighted by molar-refractivity contribution is 0.325. The van der Waals surface area contributed by atoms with Gasteiger partial charge < -0.3 is 10.2 Å². The van der Waals surface area contributed by atoms with Crippen LogP contribution in [0.1, 0.15) is 35.7 Å². The van der Waals surface area contributed by atoms with E-state index in [2.05, 4.69) is 92.8 Å². The first-order valence-corrected chi connectivity index (χ1v) is 7.58. The topological polar surface area (TPSA) is 15.3 Å². The van der Waals surface area contributed by atoms with Crippen LogP contribution < -0.4 is 5.32 Å². The highest BCUT2D eigenvalue weighted by Crippen LogP contribution is 2.20. The Kier molecular flexibility index (Phi) is 5.54. The summed E-state index contributed by atoms with van der Waals surface area (Å²) in [6, 6.07) is 20.1. The molecule has 1 N–H and O–H groups in total.